The largest absolute Gasteiger partial charge is 0.411 e. The van der Waals surface area contributed by atoms with Crippen LogP contribution in [-0.4, -0.2) is 49.0 Å². The van der Waals surface area contributed by atoms with Gasteiger partial charge in [-0.15, -0.1) is 0 Å². The van der Waals surface area contributed by atoms with Crippen molar-refractivity contribution in [3.63, 3.8) is 0 Å². The van der Waals surface area contributed by atoms with E-state index >= 15 is 26.3 Å². The van der Waals surface area contributed by atoms with Gasteiger partial charge in [0.2, 0.25) is 5.41 Å². The van der Waals surface area contributed by atoms with E-state index in [0.29, 0.717) is 47.5 Å². The molecule has 12 heteroatoms. The smallest absolute Gasteiger partial charge is 0.377 e. The van der Waals surface area contributed by atoms with Crippen molar-refractivity contribution in [2.45, 2.75) is 89.2 Å². The van der Waals surface area contributed by atoms with Gasteiger partial charge in [-0.3, -0.25) is 19.3 Å². The van der Waals surface area contributed by atoms with Crippen LogP contribution in [0.3, 0.4) is 0 Å². The molecule has 0 bridgehead atoms. The monoisotopic (exact) mass is 914 g/mol. The number of amides is 1. The number of anilines is 2. The summed E-state index contributed by atoms with van der Waals surface area (Å²) in [5.41, 5.74) is 1.46. The summed E-state index contributed by atoms with van der Waals surface area (Å²) in [4.78, 5) is 43.1. The summed E-state index contributed by atoms with van der Waals surface area (Å²) in [7, 11) is 4.08. The fraction of sp³-hybridized carbons (Fsp3) is 0.291. The summed E-state index contributed by atoms with van der Waals surface area (Å²) >= 11 is 0. The number of aliphatic hydroxyl groups is 1. The normalized spacial score (nSPS) is 16.5. The molecule has 0 saturated carbocycles. The van der Waals surface area contributed by atoms with Gasteiger partial charge in [0.25, 0.3) is 5.91 Å². The van der Waals surface area contributed by atoms with Crippen LogP contribution in [0, 0.1) is 6.92 Å². The minimum atomic E-state index is -6.04. The number of rotatable bonds is 9. The molecule has 1 unspecified atom stereocenters. The first-order valence-electron chi connectivity index (χ1n) is 22.4. The van der Waals surface area contributed by atoms with Crippen LogP contribution in [0.4, 0.5) is 37.7 Å². The lowest BCUT2D eigenvalue weighted by Crippen LogP contribution is -2.55. The number of aliphatic hydroxyl groups excluding tert-OH is 1. The molecule has 1 N–H and O–H groups in total. The van der Waals surface area contributed by atoms with E-state index in [-0.39, 0.29) is 24.0 Å². The third-order valence-corrected chi connectivity index (χ3v) is 14.2. The topological polar surface area (TPSA) is 77.9 Å². The molecule has 1 atom stereocenters. The molecule has 0 radical (unpaired) electrons. The third-order valence-electron chi connectivity index (χ3n) is 14.2. The van der Waals surface area contributed by atoms with Crippen LogP contribution in [0.15, 0.2) is 109 Å². The van der Waals surface area contributed by atoms with Crippen LogP contribution in [0.1, 0.15) is 132 Å². The highest BCUT2D eigenvalue weighted by molar-refractivity contribution is 6.14. The van der Waals surface area contributed by atoms with E-state index in [2.05, 4.69) is 55.1 Å². The maximum Gasteiger partial charge on any atom is 0.411 e. The molecule has 0 saturated heterocycles. The van der Waals surface area contributed by atoms with Crippen LogP contribution in [0.2, 0.25) is 0 Å². The molecule has 6 nitrogen and oxygen atoms in total. The van der Waals surface area contributed by atoms with Crippen LogP contribution < -0.4 is 9.80 Å². The minimum Gasteiger partial charge on any atom is -0.377 e. The molecule has 3 aliphatic rings. The quantitative estimate of drug-likeness (QED) is 0.146. The van der Waals surface area contributed by atoms with E-state index in [1.165, 1.54) is 11.1 Å². The Hall–Kier alpha value is -6.53. The number of alkyl halides is 6. The van der Waals surface area contributed by atoms with Gasteiger partial charge in [-0.05, 0) is 111 Å². The SMILES string of the molecule is CCc1cc(C2(c3cc(C)c(N4C(=O)c5ccc(C(c6ccc7c(c6)C(=O)CCC7=O)(C(F)(F)F)C(F)(F)F)cc5C4O)c(CC)c3)c3ccccc3-c3ccccc32)cc(CC)c1N(C)C. The van der Waals surface area contributed by atoms with Gasteiger partial charge in [-0.25, -0.2) is 0 Å². The Bertz CT molecular complexity index is 2970. The predicted octanol–water partition coefficient (Wildman–Crippen LogP) is 12.3. The van der Waals surface area contributed by atoms with E-state index in [1.54, 1.807) is 6.92 Å². The first-order valence-corrected chi connectivity index (χ1v) is 22.4. The van der Waals surface area contributed by atoms with E-state index in [4.69, 9.17) is 0 Å². The van der Waals surface area contributed by atoms with Gasteiger partial charge >= 0.3 is 12.4 Å². The number of fused-ring (bicyclic) bond motifs is 5. The Morgan fingerprint density at radius 3 is 1.61 bits per heavy atom. The van der Waals surface area contributed by atoms with E-state index in [1.807, 2.05) is 57.4 Å². The lowest BCUT2D eigenvalue weighted by atomic mass is 9.66. The molecule has 1 aliphatic heterocycles. The maximum atomic E-state index is 15.5. The molecular weight excluding hydrogens is 867 g/mol. The molecule has 1 heterocycles. The van der Waals surface area contributed by atoms with Gasteiger partial charge in [0, 0.05) is 54.9 Å². The zero-order chi connectivity index (χ0) is 48.1. The highest BCUT2D eigenvalue weighted by atomic mass is 19.4. The second-order valence-corrected chi connectivity index (χ2v) is 17.9. The molecule has 9 rings (SSSR count). The van der Waals surface area contributed by atoms with Crippen molar-refractivity contribution in [1.29, 1.82) is 0 Å². The first-order chi connectivity index (χ1) is 31.8. The Balaban J connectivity index is 1.23. The van der Waals surface area contributed by atoms with Gasteiger partial charge in [0.1, 0.15) is 0 Å². The Labute approximate surface area is 384 Å². The Morgan fingerprint density at radius 2 is 1.09 bits per heavy atom. The summed E-state index contributed by atoms with van der Waals surface area (Å²) in [5.74, 6) is -2.12. The van der Waals surface area contributed by atoms with Crippen molar-refractivity contribution in [3.05, 3.63) is 187 Å². The first kappa shape index (κ1) is 45.6. The van der Waals surface area contributed by atoms with Gasteiger partial charge in [-0.2, -0.15) is 26.3 Å². The number of benzene rings is 6. The highest BCUT2D eigenvalue weighted by Crippen LogP contribution is 2.59. The second-order valence-electron chi connectivity index (χ2n) is 17.9. The number of carbonyl (C=O) groups is 3. The van der Waals surface area contributed by atoms with Crippen molar-refractivity contribution in [3.8, 4) is 11.1 Å². The predicted molar refractivity (Wildman–Crippen MR) is 246 cm³/mol. The average molecular weight is 915 g/mol. The average Bonchev–Trinajstić information content (AvgIpc) is 3.73. The van der Waals surface area contributed by atoms with Gasteiger partial charge < -0.3 is 10.0 Å². The molecule has 0 aromatic heterocycles. The van der Waals surface area contributed by atoms with E-state index < -0.39 is 69.1 Å². The van der Waals surface area contributed by atoms with Crippen LogP contribution in [0.5, 0.6) is 0 Å². The molecular formula is C55H48F6N2O4. The molecule has 0 fully saturated rings. The maximum absolute atomic E-state index is 15.5. The number of nitrogens with zero attached hydrogens (tertiary/aromatic N) is 2. The molecule has 6 aromatic rings. The molecule has 344 valence electrons. The molecule has 6 aromatic carbocycles. The summed E-state index contributed by atoms with van der Waals surface area (Å²) in [6, 6.07) is 29.0. The van der Waals surface area contributed by atoms with Crippen LogP contribution >= 0.6 is 0 Å². The van der Waals surface area contributed by atoms with Crippen LogP contribution in [0.25, 0.3) is 11.1 Å². The second kappa shape index (κ2) is 16.1. The van der Waals surface area contributed by atoms with Crippen molar-refractivity contribution in [2.75, 3.05) is 23.9 Å². The minimum absolute atomic E-state index is 0.211. The Kier molecular flexibility index (Phi) is 10.9. The van der Waals surface area contributed by atoms with Crippen molar-refractivity contribution in [1.82, 2.24) is 0 Å². The Morgan fingerprint density at radius 1 is 0.612 bits per heavy atom. The molecule has 1 amide bonds. The van der Waals surface area contributed by atoms with Gasteiger partial charge in [0.15, 0.2) is 17.8 Å². The zero-order valence-electron chi connectivity index (χ0n) is 37.8. The summed E-state index contributed by atoms with van der Waals surface area (Å²) in [6.07, 6.45) is -12.7. The standard InChI is InChI=1S/C55H48F6N2O4/c1-7-31-25-36(52(37-26-32(8-2)49(62(5)6)33(9-3)27-37)44-16-12-10-14-38(44)39-15-11-13-17-45(39)52)24-30(4)48(31)63-50(66)41-21-19-35(29-43(41)51(63)67)53(54(56,57)58,55(59,60)61)34-18-20-40-42(28-34)47(65)23-22-46(40)64/h10-21,24-29,51,67H,7-9,22-23H2,1-6H3. The van der Waals surface area contributed by atoms with E-state index in [0.717, 1.165) is 68.9 Å². The lowest BCUT2D eigenvalue weighted by molar-refractivity contribution is -0.288. The number of aryl methyl sites for hydroxylation is 4. The van der Waals surface area contributed by atoms with E-state index in [9.17, 15) is 19.5 Å². The molecule has 0 spiro atoms. The van der Waals surface area contributed by atoms with Crippen molar-refractivity contribution < 1.29 is 45.8 Å². The number of Topliss-reactive ketones (excluding diaryl/α,β-unsaturated/α-hetero) is 2. The van der Waals surface area contributed by atoms with Crippen molar-refractivity contribution in [2.24, 2.45) is 0 Å². The summed E-state index contributed by atoms with van der Waals surface area (Å²) in [6.45, 7) is 7.94. The number of hydrogen-bond donors (Lipinski definition) is 1. The van der Waals surface area contributed by atoms with Gasteiger partial charge in [0.05, 0.1) is 11.1 Å². The summed E-state index contributed by atoms with van der Waals surface area (Å²) < 4.78 is 93.0. The third kappa shape index (κ3) is 6.45. The number of carbonyl (C=O) groups excluding carboxylic acids is 3. The fourth-order valence-electron chi connectivity index (χ4n) is 11.3. The fourth-order valence-corrected chi connectivity index (χ4v) is 11.3. The number of ketones is 2. The van der Waals surface area contributed by atoms with Crippen LogP contribution in [-0.2, 0) is 30.1 Å². The number of hydrogen-bond acceptors (Lipinski definition) is 5. The highest BCUT2D eigenvalue weighted by Gasteiger charge is 2.73. The zero-order valence-corrected chi connectivity index (χ0v) is 37.8. The van der Waals surface area contributed by atoms with Gasteiger partial charge in [-0.1, -0.05) is 112 Å². The summed E-state index contributed by atoms with van der Waals surface area (Å²) in [5, 5.41) is 12.1. The molecule has 67 heavy (non-hydrogen) atoms. The lowest BCUT2D eigenvalue weighted by Gasteiger charge is -2.39. The number of halogens is 6. The van der Waals surface area contributed by atoms with Crippen molar-refractivity contribution >= 4 is 28.8 Å². The molecule has 2 aliphatic carbocycles.